The third-order valence-corrected chi connectivity index (χ3v) is 2.84. The van der Waals surface area contributed by atoms with Gasteiger partial charge in [0, 0.05) is 10.6 Å². The Labute approximate surface area is 111 Å². The third-order valence-electron chi connectivity index (χ3n) is 2.59. The Hall–Kier alpha value is -1.61. The first-order valence-electron chi connectivity index (χ1n) is 5.58. The molecule has 0 saturated heterocycles. The van der Waals surface area contributed by atoms with Gasteiger partial charge in [0.1, 0.15) is 5.92 Å². The van der Waals surface area contributed by atoms with Gasteiger partial charge in [-0.15, -0.1) is 6.58 Å². The van der Waals surface area contributed by atoms with E-state index < -0.39 is 11.9 Å². The number of benzene rings is 1. The van der Waals surface area contributed by atoms with Crippen LogP contribution in [0.2, 0.25) is 5.02 Å². The van der Waals surface area contributed by atoms with Crippen LogP contribution < -0.4 is 0 Å². The number of hydrogen-bond acceptors (Lipinski definition) is 3. The maximum atomic E-state index is 12.2. The smallest absolute Gasteiger partial charge is 0.316 e. The molecule has 0 spiro atoms. The SMILES string of the molecule is C=CCCC(C(=O)OC)C(=O)c1ccc(Cl)cc1. The van der Waals surface area contributed by atoms with Gasteiger partial charge in [-0.1, -0.05) is 17.7 Å². The monoisotopic (exact) mass is 266 g/mol. The van der Waals surface area contributed by atoms with Crippen LogP contribution in [-0.4, -0.2) is 18.9 Å². The van der Waals surface area contributed by atoms with Crippen LogP contribution in [0.1, 0.15) is 23.2 Å². The van der Waals surface area contributed by atoms with Crippen LogP contribution in [0, 0.1) is 5.92 Å². The lowest BCUT2D eigenvalue weighted by Gasteiger charge is -2.12. The molecule has 1 rings (SSSR count). The summed E-state index contributed by atoms with van der Waals surface area (Å²) >= 11 is 5.75. The lowest BCUT2D eigenvalue weighted by Crippen LogP contribution is -2.25. The van der Waals surface area contributed by atoms with Crippen molar-refractivity contribution < 1.29 is 14.3 Å². The van der Waals surface area contributed by atoms with Gasteiger partial charge in [-0.3, -0.25) is 9.59 Å². The van der Waals surface area contributed by atoms with Crippen molar-refractivity contribution in [2.24, 2.45) is 5.92 Å². The topological polar surface area (TPSA) is 43.4 Å². The van der Waals surface area contributed by atoms with Crippen molar-refractivity contribution in [1.29, 1.82) is 0 Å². The van der Waals surface area contributed by atoms with E-state index in [1.54, 1.807) is 30.3 Å². The second kappa shape index (κ2) is 6.97. The minimum Gasteiger partial charge on any atom is -0.468 e. The van der Waals surface area contributed by atoms with Crippen molar-refractivity contribution in [3.63, 3.8) is 0 Å². The number of ketones is 1. The number of methoxy groups -OCH3 is 1. The van der Waals surface area contributed by atoms with Crippen molar-refractivity contribution in [3.8, 4) is 0 Å². The van der Waals surface area contributed by atoms with Gasteiger partial charge in [0.05, 0.1) is 7.11 Å². The Morgan fingerprint density at radius 1 is 1.39 bits per heavy atom. The van der Waals surface area contributed by atoms with E-state index in [2.05, 4.69) is 11.3 Å². The molecule has 0 aromatic heterocycles. The predicted octanol–water partition coefficient (Wildman–Crippen LogP) is 3.28. The van der Waals surface area contributed by atoms with Crippen molar-refractivity contribution in [2.45, 2.75) is 12.8 Å². The lowest BCUT2D eigenvalue weighted by molar-refractivity contribution is -0.143. The normalized spacial score (nSPS) is 11.7. The van der Waals surface area contributed by atoms with E-state index in [4.69, 9.17) is 11.6 Å². The number of Topliss-reactive ketones (excluding diaryl/α,β-unsaturated/α-hetero) is 1. The molecule has 1 aromatic carbocycles. The minimum atomic E-state index is -0.783. The molecule has 3 nitrogen and oxygen atoms in total. The molecule has 96 valence electrons. The number of hydrogen-bond donors (Lipinski definition) is 0. The van der Waals surface area contributed by atoms with Gasteiger partial charge in [0.15, 0.2) is 5.78 Å². The largest absolute Gasteiger partial charge is 0.468 e. The molecule has 0 amide bonds. The Morgan fingerprint density at radius 2 is 2.00 bits per heavy atom. The fraction of sp³-hybridized carbons (Fsp3) is 0.286. The van der Waals surface area contributed by atoms with Gasteiger partial charge in [0.2, 0.25) is 0 Å². The Bertz CT molecular complexity index is 437. The standard InChI is InChI=1S/C14H15ClO3/c1-3-4-5-12(14(17)18-2)13(16)10-6-8-11(15)9-7-10/h3,6-9,12H,1,4-5H2,2H3. The average molecular weight is 267 g/mol. The molecule has 0 aliphatic heterocycles. The number of carbonyl (C=O) groups excluding carboxylic acids is 2. The number of halogens is 1. The molecule has 0 aliphatic carbocycles. The van der Waals surface area contributed by atoms with E-state index in [0.717, 1.165) is 0 Å². The summed E-state index contributed by atoms with van der Waals surface area (Å²) < 4.78 is 4.66. The molecule has 0 radical (unpaired) electrons. The fourth-order valence-corrected chi connectivity index (χ4v) is 1.72. The third kappa shape index (κ3) is 3.70. The zero-order valence-corrected chi connectivity index (χ0v) is 10.9. The van der Waals surface area contributed by atoms with Gasteiger partial charge in [-0.2, -0.15) is 0 Å². The first-order valence-corrected chi connectivity index (χ1v) is 5.96. The van der Waals surface area contributed by atoms with Crippen molar-refractivity contribution in [3.05, 3.63) is 47.5 Å². The van der Waals surface area contributed by atoms with Crippen LogP contribution in [-0.2, 0) is 9.53 Å². The molecular formula is C14H15ClO3. The van der Waals surface area contributed by atoms with Crippen LogP contribution in [0.5, 0.6) is 0 Å². The van der Waals surface area contributed by atoms with Crippen molar-refractivity contribution in [1.82, 2.24) is 0 Å². The van der Waals surface area contributed by atoms with Gasteiger partial charge in [0.25, 0.3) is 0 Å². The van der Waals surface area contributed by atoms with Gasteiger partial charge >= 0.3 is 5.97 Å². The molecule has 18 heavy (non-hydrogen) atoms. The Balaban J connectivity index is 2.90. The average Bonchev–Trinajstić information content (AvgIpc) is 2.39. The molecular weight excluding hydrogens is 252 g/mol. The second-order valence-corrected chi connectivity index (χ2v) is 4.25. The summed E-state index contributed by atoms with van der Waals surface area (Å²) in [7, 11) is 1.28. The second-order valence-electron chi connectivity index (χ2n) is 3.81. The molecule has 0 bridgehead atoms. The molecule has 4 heteroatoms. The van der Waals surface area contributed by atoms with E-state index in [-0.39, 0.29) is 5.78 Å². The molecule has 0 aliphatic rings. The molecule has 1 atom stereocenters. The summed E-state index contributed by atoms with van der Waals surface area (Å²) in [6, 6.07) is 6.45. The van der Waals surface area contributed by atoms with Crippen LogP contribution in [0.3, 0.4) is 0 Å². The van der Waals surface area contributed by atoms with Gasteiger partial charge < -0.3 is 4.74 Å². The summed E-state index contributed by atoms with van der Waals surface area (Å²) in [5.74, 6) is -1.55. The summed E-state index contributed by atoms with van der Waals surface area (Å²) in [4.78, 5) is 23.8. The molecule has 1 unspecified atom stereocenters. The number of rotatable bonds is 6. The van der Waals surface area contributed by atoms with E-state index in [1.807, 2.05) is 0 Å². The summed E-state index contributed by atoms with van der Waals surface area (Å²) in [5, 5.41) is 0.548. The van der Waals surface area contributed by atoms with E-state index in [0.29, 0.717) is 23.4 Å². The number of carbonyl (C=O) groups is 2. The molecule has 0 N–H and O–H groups in total. The Kier molecular flexibility index (Phi) is 5.59. The zero-order valence-electron chi connectivity index (χ0n) is 10.2. The summed E-state index contributed by atoms with van der Waals surface area (Å²) in [5.41, 5.74) is 0.457. The Morgan fingerprint density at radius 3 is 2.50 bits per heavy atom. The predicted molar refractivity (Wildman–Crippen MR) is 70.7 cm³/mol. The van der Waals surface area contributed by atoms with E-state index in [1.165, 1.54) is 7.11 Å². The van der Waals surface area contributed by atoms with E-state index in [9.17, 15) is 9.59 Å². The van der Waals surface area contributed by atoms with Crippen LogP contribution in [0.25, 0.3) is 0 Å². The van der Waals surface area contributed by atoms with Gasteiger partial charge in [-0.25, -0.2) is 0 Å². The van der Waals surface area contributed by atoms with Crippen LogP contribution >= 0.6 is 11.6 Å². The minimum absolute atomic E-state index is 0.250. The van der Waals surface area contributed by atoms with Crippen molar-refractivity contribution in [2.75, 3.05) is 7.11 Å². The maximum absolute atomic E-state index is 12.2. The zero-order chi connectivity index (χ0) is 13.5. The fourth-order valence-electron chi connectivity index (χ4n) is 1.60. The first kappa shape index (κ1) is 14.5. The van der Waals surface area contributed by atoms with Gasteiger partial charge in [-0.05, 0) is 37.1 Å². The van der Waals surface area contributed by atoms with Crippen LogP contribution in [0.4, 0.5) is 0 Å². The number of ether oxygens (including phenoxy) is 1. The first-order chi connectivity index (χ1) is 8.60. The highest BCUT2D eigenvalue weighted by atomic mass is 35.5. The van der Waals surface area contributed by atoms with Crippen LogP contribution in [0.15, 0.2) is 36.9 Å². The summed E-state index contributed by atoms with van der Waals surface area (Å²) in [6.07, 6.45) is 2.65. The number of esters is 1. The summed E-state index contributed by atoms with van der Waals surface area (Å²) in [6.45, 7) is 3.58. The molecule has 0 fully saturated rings. The quantitative estimate of drug-likeness (QED) is 0.343. The number of allylic oxidation sites excluding steroid dienone is 1. The van der Waals surface area contributed by atoms with E-state index >= 15 is 0 Å². The lowest BCUT2D eigenvalue weighted by atomic mass is 9.93. The molecule has 0 saturated carbocycles. The highest BCUT2D eigenvalue weighted by molar-refractivity contribution is 6.30. The maximum Gasteiger partial charge on any atom is 0.316 e. The molecule has 0 heterocycles. The highest BCUT2D eigenvalue weighted by Gasteiger charge is 2.27. The highest BCUT2D eigenvalue weighted by Crippen LogP contribution is 2.18. The molecule has 1 aromatic rings. The van der Waals surface area contributed by atoms with Crippen molar-refractivity contribution >= 4 is 23.4 Å².